The van der Waals surface area contributed by atoms with Crippen molar-refractivity contribution >= 4 is 53.8 Å². The van der Waals surface area contributed by atoms with Crippen molar-refractivity contribution in [2.24, 2.45) is 15.4 Å². The minimum Gasteiger partial charge on any atom is -0.493 e. The zero-order valence-electron chi connectivity index (χ0n) is 26.3. The quantitative estimate of drug-likeness (QED) is 0.0977. The van der Waals surface area contributed by atoms with Crippen LogP contribution in [0.5, 0.6) is 11.5 Å². The molecule has 238 valence electrons. The first-order valence-corrected chi connectivity index (χ1v) is 19.2. The summed E-state index contributed by atoms with van der Waals surface area (Å²) >= 11 is 1.12. The highest BCUT2D eigenvalue weighted by atomic mass is 32.2. The molecule has 1 aromatic heterocycles. The number of ether oxygens (including phenoxy) is 3. The number of nitrogens with zero attached hydrogens (tertiary/aromatic N) is 4. The number of carbonyl (C=O) groups is 1. The molecule has 0 aliphatic carbocycles. The molecule has 3 aromatic rings. The third-order valence-electron chi connectivity index (χ3n) is 6.44. The van der Waals surface area contributed by atoms with Crippen molar-refractivity contribution in [2.45, 2.75) is 46.6 Å². The molecule has 1 amide bonds. The molecule has 0 radical (unpaired) electrons. The van der Waals surface area contributed by atoms with Gasteiger partial charge in [0.25, 0.3) is 0 Å². The highest BCUT2D eigenvalue weighted by Gasteiger charge is 2.30. The molecule has 0 fully saturated rings. The number of halogens is 1. The molecule has 1 heterocycles. The molecule has 0 saturated heterocycles. The molecule has 0 unspecified atom stereocenters. The standard InChI is InChI=1S/C29H39FN4O7SSi2/c1-17-31-25(34-39-17)18-9-11-19(12-10-18)32-24(26(42-6)33-28(35)37-5)20-15-22(36-4)23(16-21(20)30)38-14-13-29(2,3)27(40-43-7)41-44-8/h9-12,15-16,27H,13-14,43-44H2,1-8H3. The molecule has 0 saturated carbocycles. The second-order valence-electron chi connectivity index (χ2n) is 10.0. The van der Waals surface area contributed by atoms with E-state index in [9.17, 15) is 4.79 Å². The summed E-state index contributed by atoms with van der Waals surface area (Å²) in [7, 11) is 1.36. The Morgan fingerprint density at radius 1 is 1.11 bits per heavy atom. The number of benzene rings is 2. The number of aromatic nitrogens is 2. The average Bonchev–Trinajstić information content (AvgIpc) is 3.45. The van der Waals surface area contributed by atoms with Crippen LogP contribution >= 0.6 is 11.8 Å². The molecule has 11 nitrogen and oxygen atoms in total. The zero-order valence-corrected chi connectivity index (χ0v) is 29.9. The van der Waals surface area contributed by atoms with Gasteiger partial charge in [-0.05, 0) is 43.0 Å². The number of thioether (sulfide) groups is 1. The smallest absolute Gasteiger partial charge is 0.434 e. The van der Waals surface area contributed by atoms with Crippen LogP contribution in [0.4, 0.5) is 14.9 Å². The number of carbonyl (C=O) groups excluding carboxylic acids is 1. The van der Waals surface area contributed by atoms with Crippen LogP contribution in [0.3, 0.4) is 0 Å². The lowest BCUT2D eigenvalue weighted by Gasteiger charge is -2.34. The number of aliphatic imine (C=N–C) groups is 2. The Bertz CT molecular complexity index is 1460. The Hall–Kier alpha value is -3.38. The van der Waals surface area contributed by atoms with Gasteiger partial charge in [0.2, 0.25) is 11.7 Å². The van der Waals surface area contributed by atoms with Gasteiger partial charge in [-0.1, -0.05) is 32.1 Å². The maximum atomic E-state index is 15.9. The summed E-state index contributed by atoms with van der Waals surface area (Å²) in [5.41, 5.74) is 1.06. The van der Waals surface area contributed by atoms with Crippen molar-refractivity contribution in [3.8, 4) is 22.9 Å². The van der Waals surface area contributed by atoms with E-state index in [1.807, 2.05) is 0 Å². The van der Waals surface area contributed by atoms with E-state index in [2.05, 4.69) is 47.1 Å². The molecule has 0 aliphatic rings. The Balaban J connectivity index is 1.97. The van der Waals surface area contributed by atoms with Gasteiger partial charge in [0.1, 0.15) is 22.9 Å². The molecule has 15 heteroatoms. The van der Waals surface area contributed by atoms with E-state index in [1.165, 1.54) is 26.4 Å². The Morgan fingerprint density at radius 3 is 2.34 bits per heavy atom. The highest BCUT2D eigenvalue weighted by molar-refractivity contribution is 8.15. The maximum absolute atomic E-state index is 15.9. The van der Waals surface area contributed by atoms with Crippen LogP contribution in [0.15, 0.2) is 50.9 Å². The predicted molar refractivity (Wildman–Crippen MR) is 176 cm³/mol. The van der Waals surface area contributed by atoms with Gasteiger partial charge in [0.05, 0.1) is 26.5 Å². The fourth-order valence-electron chi connectivity index (χ4n) is 4.11. The van der Waals surface area contributed by atoms with Crippen molar-refractivity contribution in [1.29, 1.82) is 0 Å². The number of hydrogen-bond donors (Lipinski definition) is 0. The van der Waals surface area contributed by atoms with Gasteiger partial charge in [0, 0.05) is 29.5 Å². The molecule has 0 aliphatic heterocycles. The van der Waals surface area contributed by atoms with Crippen molar-refractivity contribution in [3.63, 3.8) is 0 Å². The van der Waals surface area contributed by atoms with Crippen molar-refractivity contribution < 1.29 is 36.8 Å². The molecular weight excluding hydrogens is 624 g/mol. The summed E-state index contributed by atoms with van der Waals surface area (Å²) in [4.78, 5) is 25.0. The van der Waals surface area contributed by atoms with Crippen LogP contribution in [-0.2, 0) is 13.6 Å². The highest BCUT2D eigenvalue weighted by Crippen LogP contribution is 2.34. The number of rotatable bonds is 14. The van der Waals surface area contributed by atoms with Gasteiger partial charge < -0.3 is 27.6 Å². The number of aryl methyl sites for hydroxylation is 1. The monoisotopic (exact) mass is 662 g/mol. The van der Waals surface area contributed by atoms with Crippen molar-refractivity contribution in [3.05, 3.63) is 53.7 Å². The van der Waals surface area contributed by atoms with Gasteiger partial charge in [-0.15, -0.1) is 11.8 Å². The van der Waals surface area contributed by atoms with E-state index < -0.39 is 31.4 Å². The van der Waals surface area contributed by atoms with Crippen LogP contribution in [0.2, 0.25) is 13.1 Å². The zero-order chi connectivity index (χ0) is 32.3. The van der Waals surface area contributed by atoms with E-state index in [-0.39, 0.29) is 40.4 Å². The minimum absolute atomic E-state index is 0.0621. The fraction of sp³-hybridized carbons (Fsp3) is 0.414. The summed E-state index contributed by atoms with van der Waals surface area (Å²) in [6, 6.07) is 9.69. The lowest BCUT2D eigenvalue weighted by Crippen LogP contribution is -2.37. The van der Waals surface area contributed by atoms with E-state index in [0.29, 0.717) is 35.1 Å². The Morgan fingerprint density at radius 2 is 1.80 bits per heavy atom. The van der Waals surface area contributed by atoms with Crippen LogP contribution < -0.4 is 9.47 Å². The first-order chi connectivity index (χ1) is 21.1. The second kappa shape index (κ2) is 16.6. The maximum Gasteiger partial charge on any atom is 0.434 e. The number of amides is 1. The minimum atomic E-state index is -0.845. The Kier molecular flexibility index (Phi) is 13.3. The third kappa shape index (κ3) is 9.31. The molecule has 0 spiro atoms. The SMILES string of the molecule is COC(=O)N=C(SC)C(=Nc1ccc(-c2noc(C)n2)cc1)c1cc(OC)c(OCCC(C)(C)C(O[SiH2]C)O[SiH2]C)cc1F. The summed E-state index contributed by atoms with van der Waals surface area (Å²) in [5, 5.41) is 4.07. The first kappa shape index (κ1) is 35.1. The van der Waals surface area contributed by atoms with Crippen molar-refractivity contribution in [1.82, 2.24) is 10.1 Å². The lowest BCUT2D eigenvalue weighted by atomic mass is 9.89. The van der Waals surface area contributed by atoms with Gasteiger partial charge in [-0.2, -0.15) is 9.98 Å². The molecule has 44 heavy (non-hydrogen) atoms. The lowest BCUT2D eigenvalue weighted by molar-refractivity contribution is -0.0855. The molecule has 0 atom stereocenters. The Labute approximate surface area is 265 Å². The topological polar surface area (TPSA) is 127 Å². The van der Waals surface area contributed by atoms with Gasteiger partial charge >= 0.3 is 6.09 Å². The van der Waals surface area contributed by atoms with Crippen molar-refractivity contribution in [2.75, 3.05) is 27.1 Å². The molecular formula is C29H39FN4O7SSi2. The largest absolute Gasteiger partial charge is 0.493 e. The van der Waals surface area contributed by atoms with Crippen LogP contribution in [0, 0.1) is 18.2 Å². The number of methoxy groups -OCH3 is 2. The molecule has 0 N–H and O–H groups in total. The molecule has 3 rings (SSSR count). The van der Waals surface area contributed by atoms with Gasteiger partial charge in [-0.3, -0.25) is 0 Å². The summed E-state index contributed by atoms with van der Waals surface area (Å²) in [6.45, 7) is 10.3. The summed E-state index contributed by atoms with van der Waals surface area (Å²) in [6.07, 6.45) is 1.18. The third-order valence-corrected chi connectivity index (χ3v) is 8.39. The summed E-state index contributed by atoms with van der Waals surface area (Å²) < 4.78 is 49.1. The number of hydrogen-bond acceptors (Lipinski definition) is 11. The van der Waals surface area contributed by atoms with E-state index in [0.717, 1.165) is 11.8 Å². The second-order valence-corrected chi connectivity index (χ2v) is 12.7. The van der Waals surface area contributed by atoms with E-state index in [4.69, 9.17) is 27.6 Å². The van der Waals surface area contributed by atoms with Crippen LogP contribution in [-0.4, -0.2) is 79.9 Å². The van der Waals surface area contributed by atoms with Crippen LogP contribution in [0.1, 0.15) is 31.7 Å². The normalized spacial score (nSPS) is 13.7. The van der Waals surface area contributed by atoms with Gasteiger partial charge in [0.15, 0.2) is 31.0 Å². The van der Waals surface area contributed by atoms with Crippen LogP contribution in [0.25, 0.3) is 11.4 Å². The average molecular weight is 663 g/mol. The fourth-order valence-corrected chi connectivity index (χ4v) is 6.52. The van der Waals surface area contributed by atoms with E-state index in [1.54, 1.807) is 37.4 Å². The van der Waals surface area contributed by atoms with Gasteiger partial charge in [-0.25, -0.2) is 14.2 Å². The summed E-state index contributed by atoms with van der Waals surface area (Å²) in [5.74, 6) is 0.756. The molecule has 0 bridgehead atoms. The predicted octanol–water partition coefficient (Wildman–Crippen LogP) is 5.26. The first-order valence-electron chi connectivity index (χ1n) is 14.0. The molecule has 2 aromatic carbocycles. The van der Waals surface area contributed by atoms with E-state index >= 15 is 4.39 Å².